The van der Waals surface area contributed by atoms with Crippen LogP contribution in [0.4, 0.5) is 11.4 Å². The number of hydrogen-bond donors (Lipinski definition) is 2. The molecule has 7 heteroatoms. The van der Waals surface area contributed by atoms with E-state index in [2.05, 4.69) is 21.1 Å². The van der Waals surface area contributed by atoms with Crippen LogP contribution in [0.25, 0.3) is 12.2 Å². The van der Waals surface area contributed by atoms with Crippen LogP contribution in [-0.4, -0.2) is 20.8 Å². The predicted molar refractivity (Wildman–Crippen MR) is 163 cm³/mol. The number of nitrogens with one attached hydrogen (secondary N) is 2. The quantitative estimate of drug-likeness (QED) is 0.163. The van der Waals surface area contributed by atoms with Gasteiger partial charge in [-0.3, -0.25) is 10.9 Å². The van der Waals surface area contributed by atoms with Crippen LogP contribution >= 0.6 is 0 Å². The normalized spacial score (nSPS) is 12.7. The first-order valence-electron chi connectivity index (χ1n) is 12.4. The molecule has 0 bridgehead atoms. The van der Waals surface area contributed by atoms with Crippen molar-refractivity contribution in [2.45, 2.75) is 23.6 Å². The fourth-order valence-corrected chi connectivity index (χ4v) is 4.93. The van der Waals surface area contributed by atoms with Crippen molar-refractivity contribution in [3.63, 3.8) is 0 Å². The number of anilines is 2. The average molecular weight is 535 g/mol. The molecule has 0 aromatic heterocycles. The Morgan fingerprint density at radius 1 is 0.564 bits per heavy atom. The molecule has 4 rings (SSSR count). The first-order valence-corrected chi connectivity index (χ1v) is 13.9. The Balaban J connectivity index is 1.34. The van der Waals surface area contributed by atoms with Gasteiger partial charge in [0, 0.05) is 0 Å². The first-order chi connectivity index (χ1) is 18.9. The van der Waals surface area contributed by atoms with Gasteiger partial charge in [0.15, 0.2) is 0 Å². The monoisotopic (exact) mass is 534 g/mol. The molecular weight excluding hydrogens is 504 g/mol. The summed E-state index contributed by atoms with van der Waals surface area (Å²) in [5.41, 5.74) is 11.4. The first kappa shape index (κ1) is 27.3. The number of hydrazone groups is 2. The molecule has 0 heterocycles. The van der Waals surface area contributed by atoms with Crippen LogP contribution in [-0.2, 0) is 9.84 Å². The fourth-order valence-electron chi connectivity index (χ4n) is 3.67. The molecule has 0 fully saturated rings. The number of allylic oxidation sites excluding steroid dienone is 2. The van der Waals surface area contributed by atoms with Gasteiger partial charge in [-0.05, 0) is 84.7 Å². The lowest BCUT2D eigenvalue weighted by molar-refractivity contribution is 0.596. The molecule has 0 saturated heterocycles. The van der Waals surface area contributed by atoms with Crippen molar-refractivity contribution in [3.8, 4) is 0 Å². The summed E-state index contributed by atoms with van der Waals surface area (Å²) in [4.78, 5) is 0.412. The van der Waals surface area contributed by atoms with Crippen molar-refractivity contribution in [2.75, 3.05) is 10.9 Å². The van der Waals surface area contributed by atoms with Crippen LogP contribution in [0.5, 0.6) is 0 Å². The van der Waals surface area contributed by atoms with E-state index < -0.39 is 9.84 Å². The fraction of sp³-hybridized carbons (Fsp3) is 0.0625. The Labute approximate surface area is 230 Å². The second kappa shape index (κ2) is 13.2. The van der Waals surface area contributed by atoms with E-state index in [1.807, 2.05) is 86.7 Å². The lowest BCUT2D eigenvalue weighted by atomic mass is 10.1. The third-order valence-corrected chi connectivity index (χ3v) is 7.43. The lowest BCUT2D eigenvalue weighted by Gasteiger charge is -2.07. The van der Waals surface area contributed by atoms with E-state index in [1.165, 1.54) is 0 Å². The van der Waals surface area contributed by atoms with Crippen LogP contribution in [0.15, 0.2) is 140 Å². The SMILES string of the molecule is CC(C=NNc1ccc(S(=O)(=O)c2ccc(NN=CC(C)=Cc3ccccc3)cc2)cc1)=Cc1ccccc1. The van der Waals surface area contributed by atoms with Crippen LogP contribution in [0.3, 0.4) is 0 Å². The molecule has 196 valence electrons. The third kappa shape index (κ3) is 8.12. The van der Waals surface area contributed by atoms with E-state index in [9.17, 15) is 8.42 Å². The molecular formula is C32H30N4O2S. The Morgan fingerprint density at radius 3 is 1.28 bits per heavy atom. The summed E-state index contributed by atoms with van der Waals surface area (Å²) >= 11 is 0. The molecule has 0 aliphatic rings. The largest absolute Gasteiger partial charge is 0.279 e. The molecule has 0 unspecified atom stereocenters. The van der Waals surface area contributed by atoms with Gasteiger partial charge < -0.3 is 0 Å². The van der Waals surface area contributed by atoms with E-state index in [0.29, 0.717) is 11.4 Å². The van der Waals surface area contributed by atoms with Gasteiger partial charge in [0.1, 0.15) is 0 Å². The van der Waals surface area contributed by atoms with Crippen molar-refractivity contribution in [2.24, 2.45) is 10.2 Å². The number of nitrogens with zero attached hydrogens (tertiary/aromatic N) is 2. The minimum Gasteiger partial charge on any atom is -0.279 e. The molecule has 0 aliphatic carbocycles. The lowest BCUT2D eigenvalue weighted by Crippen LogP contribution is -2.02. The Morgan fingerprint density at radius 2 is 0.923 bits per heavy atom. The molecule has 0 spiro atoms. The summed E-state index contributed by atoms with van der Waals surface area (Å²) in [6, 6.07) is 33.0. The van der Waals surface area contributed by atoms with E-state index in [1.54, 1.807) is 61.0 Å². The highest BCUT2D eigenvalue weighted by molar-refractivity contribution is 7.91. The molecule has 4 aromatic rings. The van der Waals surface area contributed by atoms with Crippen molar-refractivity contribution in [3.05, 3.63) is 131 Å². The number of benzene rings is 4. The summed E-state index contributed by atoms with van der Waals surface area (Å²) in [7, 11) is -3.66. The number of hydrogen-bond acceptors (Lipinski definition) is 6. The number of sulfone groups is 1. The maximum absolute atomic E-state index is 13.1. The van der Waals surface area contributed by atoms with Crippen molar-refractivity contribution in [1.82, 2.24) is 0 Å². The van der Waals surface area contributed by atoms with Crippen LogP contribution in [0.1, 0.15) is 25.0 Å². The zero-order chi connectivity index (χ0) is 27.5. The highest BCUT2D eigenvalue weighted by Crippen LogP contribution is 2.24. The molecule has 2 N–H and O–H groups in total. The zero-order valence-corrected chi connectivity index (χ0v) is 22.6. The summed E-state index contributed by atoms with van der Waals surface area (Å²) in [6.45, 7) is 3.93. The van der Waals surface area contributed by atoms with Crippen LogP contribution in [0, 0.1) is 0 Å². The van der Waals surface area contributed by atoms with Crippen molar-refractivity contribution >= 4 is 45.8 Å². The Hall–Kier alpha value is -4.75. The van der Waals surface area contributed by atoms with Gasteiger partial charge in [-0.2, -0.15) is 10.2 Å². The van der Waals surface area contributed by atoms with Gasteiger partial charge in [0.2, 0.25) is 9.84 Å². The molecule has 0 aliphatic heterocycles. The third-order valence-electron chi connectivity index (χ3n) is 5.64. The van der Waals surface area contributed by atoms with Gasteiger partial charge in [-0.15, -0.1) is 0 Å². The number of rotatable bonds is 10. The summed E-state index contributed by atoms with van der Waals surface area (Å²) in [5, 5.41) is 8.48. The maximum atomic E-state index is 13.1. The average Bonchev–Trinajstić information content (AvgIpc) is 2.95. The molecule has 4 aromatic carbocycles. The molecule has 0 saturated carbocycles. The standard InChI is InChI=1S/C32H30N4O2S/c1-25(21-27-9-5-3-6-10-27)23-33-35-29-13-17-31(18-14-29)39(37,38)32-19-15-30(16-20-32)36-34-24-26(2)22-28-11-7-4-8-12-28/h3-24,35-36H,1-2H3. The van der Waals surface area contributed by atoms with Crippen LogP contribution in [0.2, 0.25) is 0 Å². The second-order valence-corrected chi connectivity index (χ2v) is 10.8. The summed E-state index contributed by atoms with van der Waals surface area (Å²) in [5.74, 6) is 0. The molecule has 6 nitrogen and oxygen atoms in total. The van der Waals surface area contributed by atoms with E-state index in [0.717, 1.165) is 22.3 Å². The van der Waals surface area contributed by atoms with Gasteiger partial charge >= 0.3 is 0 Å². The highest BCUT2D eigenvalue weighted by atomic mass is 32.2. The second-order valence-electron chi connectivity index (χ2n) is 8.89. The minimum absolute atomic E-state index is 0.206. The molecule has 0 atom stereocenters. The van der Waals surface area contributed by atoms with Crippen LogP contribution < -0.4 is 10.9 Å². The van der Waals surface area contributed by atoms with Gasteiger partial charge in [0.25, 0.3) is 0 Å². The molecule has 0 amide bonds. The Kier molecular flexibility index (Phi) is 9.21. The van der Waals surface area contributed by atoms with Gasteiger partial charge in [0.05, 0.1) is 33.6 Å². The molecule has 0 radical (unpaired) electrons. The maximum Gasteiger partial charge on any atom is 0.206 e. The van der Waals surface area contributed by atoms with Gasteiger partial charge in [-0.25, -0.2) is 8.42 Å². The Bertz CT molecular complexity index is 1470. The van der Waals surface area contributed by atoms with E-state index >= 15 is 0 Å². The smallest absolute Gasteiger partial charge is 0.206 e. The van der Waals surface area contributed by atoms with Gasteiger partial charge in [-0.1, -0.05) is 72.8 Å². The molecule has 39 heavy (non-hydrogen) atoms. The topological polar surface area (TPSA) is 82.9 Å². The summed E-state index contributed by atoms with van der Waals surface area (Å²) < 4.78 is 26.2. The highest BCUT2D eigenvalue weighted by Gasteiger charge is 2.17. The van der Waals surface area contributed by atoms with E-state index in [4.69, 9.17) is 0 Å². The van der Waals surface area contributed by atoms with E-state index in [-0.39, 0.29) is 9.79 Å². The van der Waals surface area contributed by atoms with Crippen molar-refractivity contribution < 1.29 is 8.42 Å². The zero-order valence-electron chi connectivity index (χ0n) is 21.8. The minimum atomic E-state index is -3.66. The summed E-state index contributed by atoms with van der Waals surface area (Å²) in [6.07, 6.45) is 7.49. The predicted octanol–water partition coefficient (Wildman–Crippen LogP) is 7.52. The van der Waals surface area contributed by atoms with Crippen molar-refractivity contribution in [1.29, 1.82) is 0 Å².